The minimum Gasteiger partial charge on any atom is -0.291 e. The SMILES string of the molecule is Cn1cc(S(=O)(=O)N(C2CC(F)(F)C2)[C@H]2CCC3=Cc4c(cnn4-c4ccc(F)cc4)C[C@]3(C(=O)c3cc(Cl)ccn3)C2)cn1. The van der Waals surface area contributed by atoms with E-state index >= 15 is 0 Å². The molecule has 14 heteroatoms. The zero-order valence-electron chi connectivity index (χ0n) is 24.1. The number of fused-ring (bicyclic) bond motifs is 2. The van der Waals surface area contributed by atoms with E-state index in [1.54, 1.807) is 36.1 Å². The molecule has 3 aromatic heterocycles. The Kier molecular flexibility index (Phi) is 7.06. The first-order chi connectivity index (χ1) is 21.4. The van der Waals surface area contributed by atoms with Crippen molar-refractivity contribution in [1.82, 2.24) is 28.9 Å². The quantitative estimate of drug-likeness (QED) is 0.239. The maximum absolute atomic E-state index is 14.5. The number of ketones is 1. The van der Waals surface area contributed by atoms with Gasteiger partial charge in [0.25, 0.3) is 5.92 Å². The van der Waals surface area contributed by atoms with Crippen LogP contribution in [0.25, 0.3) is 11.8 Å². The first-order valence-electron chi connectivity index (χ1n) is 14.5. The van der Waals surface area contributed by atoms with Crippen LogP contribution in [0, 0.1) is 11.2 Å². The van der Waals surface area contributed by atoms with Crippen LogP contribution in [0.4, 0.5) is 13.2 Å². The van der Waals surface area contributed by atoms with Crippen molar-refractivity contribution in [2.75, 3.05) is 0 Å². The standard InChI is InChI=1S/C31H28ClF3N6O3S/c1-39-18-26(17-37-39)45(43,44)41(25-14-31(34,35)15-25)24-5-2-20-10-28-19(16-38-40(28)23-6-3-22(33)4-7-23)12-30(20,13-24)29(42)27-11-21(32)8-9-36-27/h3-4,6-11,16-18,24-25H,2,5,12-15H2,1H3/t24-,30-/m0/s1. The van der Waals surface area contributed by atoms with Crippen molar-refractivity contribution in [3.05, 3.63) is 94.5 Å². The van der Waals surface area contributed by atoms with Crippen molar-refractivity contribution in [2.45, 2.75) is 61.4 Å². The van der Waals surface area contributed by atoms with Crippen molar-refractivity contribution in [3.63, 3.8) is 0 Å². The van der Waals surface area contributed by atoms with Gasteiger partial charge in [-0.05, 0) is 73.7 Å². The average Bonchev–Trinajstić information content (AvgIpc) is 3.61. The molecule has 3 aliphatic carbocycles. The summed E-state index contributed by atoms with van der Waals surface area (Å²) < 4.78 is 74.5. The lowest BCUT2D eigenvalue weighted by Gasteiger charge is -2.50. The van der Waals surface area contributed by atoms with Crippen molar-refractivity contribution in [3.8, 4) is 5.69 Å². The molecule has 0 aliphatic heterocycles. The number of carbonyl (C=O) groups is 1. The summed E-state index contributed by atoms with van der Waals surface area (Å²) in [6, 6.07) is 7.24. The predicted molar refractivity (Wildman–Crippen MR) is 159 cm³/mol. The average molecular weight is 657 g/mol. The number of hydrogen-bond donors (Lipinski definition) is 0. The lowest BCUT2D eigenvalue weighted by molar-refractivity contribution is -0.116. The molecule has 2 fully saturated rings. The molecule has 2 saturated carbocycles. The number of alkyl halides is 2. The molecule has 4 aromatic rings. The number of allylic oxidation sites excluding steroid dienone is 1. The van der Waals surface area contributed by atoms with Gasteiger partial charge in [0.05, 0.1) is 29.2 Å². The molecule has 45 heavy (non-hydrogen) atoms. The summed E-state index contributed by atoms with van der Waals surface area (Å²) in [6.07, 6.45) is 7.20. The largest absolute Gasteiger partial charge is 0.291 e. The van der Waals surface area contributed by atoms with Crippen LogP contribution in [0.3, 0.4) is 0 Å². The number of benzene rings is 1. The zero-order chi connectivity index (χ0) is 31.7. The van der Waals surface area contributed by atoms with Crippen molar-refractivity contribution >= 4 is 33.5 Å². The summed E-state index contributed by atoms with van der Waals surface area (Å²) in [6.45, 7) is 0. The molecule has 0 amide bonds. The molecular weight excluding hydrogens is 629 g/mol. The van der Waals surface area contributed by atoms with E-state index in [1.165, 1.54) is 45.8 Å². The summed E-state index contributed by atoms with van der Waals surface area (Å²) in [7, 11) is -2.67. The molecule has 7 rings (SSSR count). The molecule has 2 atom stereocenters. The summed E-state index contributed by atoms with van der Waals surface area (Å²) in [5.41, 5.74) is 1.75. The van der Waals surface area contributed by atoms with Crippen LogP contribution in [-0.2, 0) is 23.5 Å². The minimum atomic E-state index is -4.25. The fourth-order valence-electron chi connectivity index (χ4n) is 7.02. The Morgan fingerprint density at radius 3 is 2.49 bits per heavy atom. The third kappa shape index (κ3) is 5.10. The smallest absolute Gasteiger partial charge is 0.251 e. The van der Waals surface area contributed by atoms with Gasteiger partial charge in [0.2, 0.25) is 10.0 Å². The lowest BCUT2D eigenvalue weighted by Crippen LogP contribution is -2.59. The molecule has 0 spiro atoms. The molecule has 1 aromatic carbocycles. The third-order valence-corrected chi connectivity index (χ3v) is 11.3. The van der Waals surface area contributed by atoms with E-state index < -0.39 is 46.3 Å². The number of carbonyl (C=O) groups excluding carboxylic acids is 1. The lowest BCUT2D eigenvalue weighted by atomic mass is 9.60. The normalized spacial score (nSPS) is 22.8. The van der Waals surface area contributed by atoms with Gasteiger partial charge in [-0.2, -0.15) is 14.5 Å². The summed E-state index contributed by atoms with van der Waals surface area (Å²) in [5, 5.41) is 8.86. The molecule has 0 radical (unpaired) electrons. The topological polar surface area (TPSA) is 103 Å². The van der Waals surface area contributed by atoms with E-state index in [4.69, 9.17) is 11.6 Å². The number of rotatable bonds is 7. The fraction of sp³-hybridized carbons (Fsp3) is 0.355. The molecular formula is C31H28ClF3N6O3S. The fourth-order valence-corrected chi connectivity index (χ4v) is 9.00. The van der Waals surface area contributed by atoms with Crippen LogP contribution in [0.2, 0.25) is 5.02 Å². The number of nitrogens with zero attached hydrogens (tertiary/aromatic N) is 6. The van der Waals surface area contributed by atoms with Crippen molar-refractivity contribution in [1.29, 1.82) is 0 Å². The molecule has 234 valence electrons. The summed E-state index contributed by atoms with van der Waals surface area (Å²) >= 11 is 6.25. The Morgan fingerprint density at radius 2 is 1.82 bits per heavy atom. The molecule has 3 aliphatic rings. The van der Waals surface area contributed by atoms with Crippen LogP contribution in [0.5, 0.6) is 0 Å². The van der Waals surface area contributed by atoms with E-state index in [1.807, 2.05) is 6.08 Å². The van der Waals surface area contributed by atoms with Gasteiger partial charge in [-0.3, -0.25) is 14.5 Å². The van der Waals surface area contributed by atoms with E-state index in [-0.39, 0.29) is 35.0 Å². The summed E-state index contributed by atoms with van der Waals surface area (Å²) in [5.74, 6) is -3.69. The highest BCUT2D eigenvalue weighted by molar-refractivity contribution is 7.89. The first-order valence-corrected chi connectivity index (χ1v) is 16.3. The first kappa shape index (κ1) is 29.9. The second-order valence-electron chi connectivity index (χ2n) is 12.1. The van der Waals surface area contributed by atoms with Crippen molar-refractivity contribution < 1.29 is 26.4 Å². The maximum atomic E-state index is 14.5. The maximum Gasteiger partial charge on any atom is 0.251 e. The molecule has 9 nitrogen and oxygen atoms in total. The number of aryl methyl sites for hydroxylation is 1. The second-order valence-corrected chi connectivity index (χ2v) is 14.3. The van der Waals surface area contributed by atoms with Gasteiger partial charge in [0.1, 0.15) is 16.4 Å². The number of hydrogen-bond acceptors (Lipinski definition) is 6. The second kappa shape index (κ2) is 10.6. The van der Waals surface area contributed by atoms with E-state index in [2.05, 4.69) is 15.2 Å². The highest BCUT2D eigenvalue weighted by Gasteiger charge is 2.57. The van der Waals surface area contributed by atoms with Crippen LogP contribution in [0.15, 0.2) is 71.7 Å². The molecule has 0 bridgehead atoms. The van der Waals surface area contributed by atoms with Crippen molar-refractivity contribution in [2.24, 2.45) is 12.5 Å². The number of sulfonamides is 1. The molecule has 3 heterocycles. The van der Waals surface area contributed by atoms with Gasteiger partial charge >= 0.3 is 0 Å². The minimum absolute atomic E-state index is 0.0502. The molecule has 0 unspecified atom stereocenters. The van der Waals surface area contributed by atoms with Gasteiger partial charge in [-0.1, -0.05) is 17.2 Å². The zero-order valence-corrected chi connectivity index (χ0v) is 25.6. The van der Waals surface area contributed by atoms with Gasteiger partial charge in [-0.25, -0.2) is 26.3 Å². The van der Waals surface area contributed by atoms with Gasteiger partial charge in [-0.15, -0.1) is 0 Å². The Hall–Kier alpha value is -3.81. The Balaban J connectivity index is 1.33. The number of aromatic nitrogens is 5. The van der Waals surface area contributed by atoms with E-state index in [0.717, 1.165) is 16.8 Å². The Morgan fingerprint density at radius 1 is 1.07 bits per heavy atom. The van der Waals surface area contributed by atoms with E-state index in [9.17, 15) is 26.4 Å². The number of pyridine rings is 1. The van der Waals surface area contributed by atoms with Crippen LogP contribution in [0.1, 0.15) is 53.8 Å². The third-order valence-electron chi connectivity index (χ3n) is 9.14. The monoisotopic (exact) mass is 656 g/mol. The highest BCUT2D eigenvalue weighted by Crippen LogP contribution is 2.53. The summed E-state index contributed by atoms with van der Waals surface area (Å²) in [4.78, 5) is 18.8. The molecule has 0 saturated heterocycles. The van der Waals surface area contributed by atoms with Crippen LogP contribution < -0.4 is 0 Å². The van der Waals surface area contributed by atoms with Gasteiger partial charge in [0, 0.05) is 49.4 Å². The highest BCUT2D eigenvalue weighted by atomic mass is 35.5. The predicted octanol–water partition coefficient (Wildman–Crippen LogP) is 5.64. The van der Waals surface area contributed by atoms with Crippen LogP contribution >= 0.6 is 11.6 Å². The Bertz CT molecular complexity index is 1950. The van der Waals surface area contributed by atoms with E-state index in [0.29, 0.717) is 23.6 Å². The van der Waals surface area contributed by atoms with Crippen LogP contribution in [-0.4, -0.2) is 61.1 Å². The Labute approximate surface area is 262 Å². The number of halogens is 4. The molecule has 0 N–H and O–H groups in total. The number of Topliss-reactive ketones (excluding diaryl/α,β-unsaturated/α-hetero) is 1. The van der Waals surface area contributed by atoms with Gasteiger partial charge in [0.15, 0.2) is 5.78 Å². The van der Waals surface area contributed by atoms with Gasteiger partial charge < -0.3 is 0 Å².